The third kappa shape index (κ3) is 1.22. The summed E-state index contributed by atoms with van der Waals surface area (Å²) in [4.78, 5) is 18.1. The van der Waals surface area contributed by atoms with Crippen LogP contribution in [0.1, 0.15) is 11.3 Å². The quantitative estimate of drug-likeness (QED) is 0.658. The molecule has 0 aliphatic heterocycles. The van der Waals surface area contributed by atoms with Crippen LogP contribution in [0, 0.1) is 13.8 Å². The van der Waals surface area contributed by atoms with Crippen LogP contribution in [0.15, 0.2) is 23.1 Å². The van der Waals surface area contributed by atoms with Crippen LogP contribution < -0.4 is 5.56 Å². The lowest BCUT2D eigenvalue weighted by atomic mass is 10.1. The normalized spacial score (nSPS) is 10.6. The first-order chi connectivity index (χ1) is 6.18. The van der Waals surface area contributed by atoms with Crippen LogP contribution in [0.4, 0.5) is 0 Å². The highest BCUT2D eigenvalue weighted by atomic mass is 16.1. The molecule has 3 nitrogen and oxygen atoms in total. The summed E-state index contributed by atoms with van der Waals surface area (Å²) in [6.45, 7) is 3.87. The van der Waals surface area contributed by atoms with E-state index in [9.17, 15) is 4.79 Å². The number of H-pyrrole nitrogens is 1. The molecule has 0 amide bonds. The van der Waals surface area contributed by atoms with Gasteiger partial charge in [0, 0.05) is 23.3 Å². The van der Waals surface area contributed by atoms with Crippen LogP contribution in [0.2, 0.25) is 0 Å². The molecule has 2 aromatic rings. The van der Waals surface area contributed by atoms with Crippen LogP contribution in [0.25, 0.3) is 10.9 Å². The first-order valence-electron chi connectivity index (χ1n) is 4.14. The summed E-state index contributed by atoms with van der Waals surface area (Å²) < 4.78 is 0. The molecule has 0 spiro atoms. The van der Waals surface area contributed by atoms with Gasteiger partial charge in [0.05, 0.1) is 5.52 Å². The van der Waals surface area contributed by atoms with Gasteiger partial charge in [-0.1, -0.05) is 0 Å². The molecule has 2 aromatic heterocycles. The van der Waals surface area contributed by atoms with Gasteiger partial charge in [0.2, 0.25) is 5.56 Å². The van der Waals surface area contributed by atoms with Crippen LogP contribution in [0.3, 0.4) is 0 Å². The third-order valence-corrected chi connectivity index (χ3v) is 2.15. The highest BCUT2D eigenvalue weighted by Crippen LogP contribution is 2.15. The fraction of sp³-hybridized carbons (Fsp3) is 0.200. The lowest BCUT2D eigenvalue weighted by Crippen LogP contribution is -2.04. The molecule has 0 radical (unpaired) electrons. The lowest BCUT2D eigenvalue weighted by Gasteiger charge is -2.02. The molecule has 66 valence electrons. The number of aromatic amines is 1. The van der Waals surface area contributed by atoms with Gasteiger partial charge in [-0.25, -0.2) is 0 Å². The Morgan fingerprint density at radius 3 is 2.85 bits per heavy atom. The van der Waals surface area contributed by atoms with Crippen molar-refractivity contribution in [1.82, 2.24) is 9.97 Å². The number of hydrogen-bond donors (Lipinski definition) is 1. The molecule has 0 atom stereocenters. The Balaban J connectivity index is 3.00. The molecule has 2 rings (SSSR count). The fourth-order valence-electron chi connectivity index (χ4n) is 1.41. The van der Waals surface area contributed by atoms with Crippen molar-refractivity contribution in [3.8, 4) is 0 Å². The second kappa shape index (κ2) is 2.69. The summed E-state index contributed by atoms with van der Waals surface area (Å²) in [5.41, 5.74) is 2.76. The zero-order valence-corrected chi connectivity index (χ0v) is 7.59. The van der Waals surface area contributed by atoms with E-state index in [0.29, 0.717) is 0 Å². The first kappa shape index (κ1) is 7.98. The lowest BCUT2D eigenvalue weighted by molar-refractivity contribution is 1.18. The van der Waals surface area contributed by atoms with Gasteiger partial charge >= 0.3 is 0 Å². The summed E-state index contributed by atoms with van der Waals surface area (Å²) >= 11 is 0. The van der Waals surface area contributed by atoms with Crippen molar-refractivity contribution < 1.29 is 0 Å². The van der Waals surface area contributed by atoms with Crippen molar-refractivity contribution in [1.29, 1.82) is 0 Å². The molecule has 0 aliphatic rings. The van der Waals surface area contributed by atoms with E-state index in [2.05, 4.69) is 9.97 Å². The molecule has 2 heterocycles. The number of hydrogen-bond acceptors (Lipinski definition) is 2. The van der Waals surface area contributed by atoms with E-state index in [1.54, 1.807) is 6.20 Å². The van der Waals surface area contributed by atoms with E-state index in [1.807, 2.05) is 19.9 Å². The Hall–Kier alpha value is -1.64. The zero-order chi connectivity index (χ0) is 9.42. The number of aryl methyl sites for hydroxylation is 2. The van der Waals surface area contributed by atoms with Gasteiger partial charge in [-0.05, 0) is 25.5 Å². The minimum Gasteiger partial charge on any atom is -0.322 e. The molecule has 0 fully saturated rings. The Kier molecular flexibility index (Phi) is 1.65. The largest absolute Gasteiger partial charge is 0.322 e. The minimum absolute atomic E-state index is 0.0683. The van der Waals surface area contributed by atoms with Gasteiger partial charge in [0.15, 0.2) is 0 Å². The Labute approximate surface area is 75.4 Å². The summed E-state index contributed by atoms with van der Waals surface area (Å²) in [5, 5.41) is 1.01. The topological polar surface area (TPSA) is 45.8 Å². The maximum Gasteiger partial charge on any atom is 0.248 e. The van der Waals surface area contributed by atoms with Gasteiger partial charge in [-0.3, -0.25) is 9.78 Å². The van der Waals surface area contributed by atoms with Crippen LogP contribution in [-0.4, -0.2) is 9.97 Å². The fourth-order valence-corrected chi connectivity index (χ4v) is 1.41. The van der Waals surface area contributed by atoms with Crippen molar-refractivity contribution in [3.63, 3.8) is 0 Å². The van der Waals surface area contributed by atoms with E-state index >= 15 is 0 Å². The molecule has 0 unspecified atom stereocenters. The summed E-state index contributed by atoms with van der Waals surface area (Å²) in [5.74, 6) is 0. The van der Waals surface area contributed by atoms with Gasteiger partial charge in [-0.2, -0.15) is 0 Å². The Bertz CT molecular complexity index is 514. The summed E-state index contributed by atoms with van der Waals surface area (Å²) in [6, 6.07) is 3.33. The maximum absolute atomic E-state index is 11.1. The van der Waals surface area contributed by atoms with Gasteiger partial charge in [0.1, 0.15) is 0 Å². The average molecular weight is 174 g/mol. The minimum atomic E-state index is -0.0683. The Morgan fingerprint density at radius 2 is 2.08 bits per heavy atom. The van der Waals surface area contributed by atoms with Gasteiger partial charge < -0.3 is 4.98 Å². The van der Waals surface area contributed by atoms with Crippen LogP contribution in [-0.2, 0) is 0 Å². The van der Waals surface area contributed by atoms with Crippen molar-refractivity contribution >= 4 is 10.9 Å². The molecular weight excluding hydrogens is 164 g/mol. The number of aromatic nitrogens is 2. The highest BCUT2D eigenvalue weighted by molar-refractivity contribution is 5.82. The summed E-state index contributed by atoms with van der Waals surface area (Å²) in [7, 11) is 0. The second-order valence-corrected chi connectivity index (χ2v) is 3.14. The molecule has 3 heteroatoms. The monoisotopic (exact) mass is 174 g/mol. The van der Waals surface area contributed by atoms with Crippen molar-refractivity contribution in [2.75, 3.05) is 0 Å². The zero-order valence-electron chi connectivity index (χ0n) is 7.59. The van der Waals surface area contributed by atoms with Crippen LogP contribution >= 0.6 is 0 Å². The number of nitrogens with one attached hydrogen (secondary N) is 1. The van der Waals surface area contributed by atoms with Crippen LogP contribution in [0.5, 0.6) is 0 Å². The molecule has 0 aliphatic carbocycles. The maximum atomic E-state index is 11.1. The second-order valence-electron chi connectivity index (χ2n) is 3.14. The highest BCUT2D eigenvalue weighted by Gasteiger charge is 2.01. The van der Waals surface area contributed by atoms with E-state index in [-0.39, 0.29) is 5.56 Å². The van der Waals surface area contributed by atoms with Crippen molar-refractivity contribution in [3.05, 3.63) is 39.9 Å². The SMILES string of the molecule is Cc1ncc(C)c2[nH]c(=O)ccc12. The number of fused-ring (bicyclic) bond motifs is 1. The number of pyridine rings is 2. The average Bonchev–Trinajstić information content (AvgIpc) is 2.12. The molecule has 0 bridgehead atoms. The van der Waals surface area contributed by atoms with E-state index in [0.717, 1.165) is 22.2 Å². The molecular formula is C10H10N2O. The smallest absolute Gasteiger partial charge is 0.248 e. The van der Waals surface area contributed by atoms with E-state index in [1.165, 1.54) is 6.07 Å². The predicted molar refractivity (Wildman–Crippen MR) is 51.8 cm³/mol. The van der Waals surface area contributed by atoms with Gasteiger partial charge in [0.25, 0.3) is 0 Å². The standard InChI is InChI=1S/C10H10N2O/c1-6-5-11-7(2)8-3-4-9(13)12-10(6)8/h3-5H,1-2H3,(H,12,13). The molecule has 1 N–H and O–H groups in total. The molecule has 0 aromatic carbocycles. The van der Waals surface area contributed by atoms with Gasteiger partial charge in [-0.15, -0.1) is 0 Å². The number of nitrogens with zero attached hydrogens (tertiary/aromatic N) is 1. The third-order valence-electron chi connectivity index (χ3n) is 2.15. The molecule has 13 heavy (non-hydrogen) atoms. The first-order valence-corrected chi connectivity index (χ1v) is 4.14. The molecule has 0 saturated carbocycles. The Morgan fingerprint density at radius 1 is 1.31 bits per heavy atom. The summed E-state index contributed by atoms with van der Waals surface area (Å²) in [6.07, 6.45) is 1.77. The van der Waals surface area contributed by atoms with Crippen molar-refractivity contribution in [2.45, 2.75) is 13.8 Å². The van der Waals surface area contributed by atoms with E-state index in [4.69, 9.17) is 0 Å². The predicted octanol–water partition coefficient (Wildman–Crippen LogP) is 1.54. The number of rotatable bonds is 0. The van der Waals surface area contributed by atoms with Crippen molar-refractivity contribution in [2.24, 2.45) is 0 Å². The molecule has 0 saturated heterocycles. The van der Waals surface area contributed by atoms with E-state index < -0.39 is 0 Å².